The first-order valence-electron chi connectivity index (χ1n) is 10.7. The molecular formula is C26H28N2S3. The number of nitrogens with zero attached hydrogens (tertiary/aromatic N) is 2. The summed E-state index contributed by atoms with van der Waals surface area (Å²) in [5, 5.41) is 2.16. The van der Waals surface area contributed by atoms with Gasteiger partial charge in [0.15, 0.2) is 0 Å². The largest absolute Gasteiger partial charge is 0.372 e. The molecule has 0 bridgehead atoms. The summed E-state index contributed by atoms with van der Waals surface area (Å²) in [6, 6.07) is 26.0. The van der Waals surface area contributed by atoms with E-state index in [4.69, 9.17) is 24.4 Å². The van der Waals surface area contributed by atoms with Crippen molar-refractivity contribution in [2.75, 3.05) is 20.6 Å². The molecular weight excluding hydrogens is 437 g/mol. The maximum atomic E-state index is 6.18. The van der Waals surface area contributed by atoms with Gasteiger partial charge in [0.25, 0.3) is 0 Å². The van der Waals surface area contributed by atoms with Crippen molar-refractivity contribution < 1.29 is 0 Å². The van der Waals surface area contributed by atoms with Crippen molar-refractivity contribution in [2.45, 2.75) is 24.8 Å². The molecule has 1 aliphatic heterocycles. The van der Waals surface area contributed by atoms with Gasteiger partial charge in [-0.3, -0.25) is 0 Å². The predicted molar refractivity (Wildman–Crippen MR) is 140 cm³/mol. The van der Waals surface area contributed by atoms with E-state index < -0.39 is 0 Å². The monoisotopic (exact) mass is 464 g/mol. The van der Waals surface area contributed by atoms with Crippen LogP contribution in [0.3, 0.4) is 0 Å². The van der Waals surface area contributed by atoms with Gasteiger partial charge in [0.2, 0.25) is 0 Å². The van der Waals surface area contributed by atoms with Crippen LogP contribution in [0.2, 0.25) is 0 Å². The number of rotatable bonds is 7. The quantitative estimate of drug-likeness (QED) is 0.366. The van der Waals surface area contributed by atoms with Crippen molar-refractivity contribution in [1.82, 2.24) is 9.80 Å². The molecule has 0 spiro atoms. The summed E-state index contributed by atoms with van der Waals surface area (Å²) in [6.07, 6.45) is 1.93. The minimum absolute atomic E-state index is 0.143. The Kier molecular flexibility index (Phi) is 7.16. The molecule has 1 aliphatic rings. The van der Waals surface area contributed by atoms with E-state index in [1.807, 2.05) is 25.4 Å². The number of hydrogen-bond donors (Lipinski definition) is 0. The molecule has 0 N–H and O–H groups in total. The lowest BCUT2D eigenvalue weighted by atomic mass is 9.87. The van der Waals surface area contributed by atoms with Crippen molar-refractivity contribution in [3.8, 4) is 0 Å². The van der Waals surface area contributed by atoms with Crippen LogP contribution < -0.4 is 0 Å². The van der Waals surface area contributed by atoms with E-state index in [-0.39, 0.29) is 6.04 Å². The zero-order chi connectivity index (χ0) is 21.8. The Bertz CT molecular complexity index is 960. The third-order valence-electron chi connectivity index (χ3n) is 6.11. The fraction of sp³-hybridized carbons (Fsp3) is 0.308. The summed E-state index contributed by atoms with van der Waals surface area (Å²) in [6.45, 7) is 0.967. The minimum Gasteiger partial charge on any atom is -0.372 e. The highest BCUT2D eigenvalue weighted by Gasteiger charge is 2.39. The Hall–Kier alpha value is -2.08. The molecule has 3 aromatic rings. The van der Waals surface area contributed by atoms with Crippen LogP contribution in [0.5, 0.6) is 0 Å². The molecule has 0 radical (unpaired) electrons. The molecule has 2 aromatic carbocycles. The zero-order valence-corrected chi connectivity index (χ0v) is 20.4. The lowest BCUT2D eigenvalue weighted by molar-refractivity contribution is 0.390. The predicted octanol–water partition coefficient (Wildman–Crippen LogP) is 6.55. The Morgan fingerprint density at radius 3 is 2.13 bits per heavy atom. The van der Waals surface area contributed by atoms with Crippen LogP contribution in [-0.2, 0) is 0 Å². The Labute approximate surface area is 200 Å². The van der Waals surface area contributed by atoms with Gasteiger partial charge in [0.1, 0.15) is 0 Å². The van der Waals surface area contributed by atoms with Crippen molar-refractivity contribution in [3.63, 3.8) is 0 Å². The summed E-state index contributed by atoms with van der Waals surface area (Å²) >= 11 is 13.7. The van der Waals surface area contributed by atoms with Crippen LogP contribution >= 0.6 is 35.8 Å². The molecule has 0 aliphatic carbocycles. The molecule has 1 aromatic heterocycles. The zero-order valence-electron chi connectivity index (χ0n) is 18.0. The molecule has 0 saturated carbocycles. The summed E-state index contributed by atoms with van der Waals surface area (Å²) < 4.78 is 0. The van der Waals surface area contributed by atoms with Gasteiger partial charge in [0.05, 0.1) is 16.0 Å². The summed E-state index contributed by atoms with van der Waals surface area (Å²) in [5.41, 5.74) is 2.57. The SMILES string of the molecule is CN(C)C(=S)C[C@H](c1cccs1)[C@@H]1CCN(C(c2ccccc2)c2ccccc2)C1=S. The first-order chi connectivity index (χ1) is 15.1. The highest BCUT2D eigenvalue weighted by molar-refractivity contribution is 7.80. The van der Waals surface area contributed by atoms with Crippen LogP contribution in [0.15, 0.2) is 78.2 Å². The number of benzene rings is 2. The van der Waals surface area contributed by atoms with Gasteiger partial charge < -0.3 is 9.80 Å². The molecule has 1 fully saturated rings. The highest BCUT2D eigenvalue weighted by atomic mass is 32.1. The molecule has 2 atom stereocenters. The van der Waals surface area contributed by atoms with Crippen molar-refractivity contribution >= 4 is 45.7 Å². The van der Waals surface area contributed by atoms with E-state index in [2.05, 4.69) is 88.0 Å². The summed E-state index contributed by atoms with van der Waals surface area (Å²) in [4.78, 5) is 7.95. The summed E-state index contributed by atoms with van der Waals surface area (Å²) in [5.74, 6) is 0.654. The van der Waals surface area contributed by atoms with Crippen molar-refractivity contribution in [3.05, 3.63) is 94.2 Å². The van der Waals surface area contributed by atoms with Gasteiger partial charge in [-0.2, -0.15) is 0 Å². The fourth-order valence-electron chi connectivity index (χ4n) is 4.49. The molecule has 5 heteroatoms. The molecule has 1 saturated heterocycles. The van der Waals surface area contributed by atoms with Crippen LogP contribution in [0, 0.1) is 5.92 Å². The standard InChI is InChI=1S/C26H28N2S3/c1-27(2)24(29)18-22(23-14-9-17-31-23)21-15-16-28(26(21)30)25(19-10-5-3-6-11-19)20-12-7-4-8-13-20/h3-14,17,21-22,25H,15-16,18H2,1-2H3/t21-,22-/m0/s1. The van der Waals surface area contributed by atoms with E-state index in [1.54, 1.807) is 0 Å². The van der Waals surface area contributed by atoms with Gasteiger partial charge >= 0.3 is 0 Å². The molecule has 31 heavy (non-hydrogen) atoms. The Morgan fingerprint density at radius 1 is 1.00 bits per heavy atom. The molecule has 0 unspecified atom stereocenters. The average Bonchev–Trinajstić information content (AvgIpc) is 3.45. The van der Waals surface area contributed by atoms with Gasteiger partial charge in [0, 0.05) is 43.8 Å². The number of thiocarbonyl (C=S) groups is 2. The Balaban J connectivity index is 1.66. The molecule has 0 amide bonds. The second-order valence-corrected chi connectivity index (χ2v) is 10.1. The molecule has 160 valence electrons. The van der Waals surface area contributed by atoms with Gasteiger partial charge in [-0.05, 0) is 29.0 Å². The van der Waals surface area contributed by atoms with E-state index in [9.17, 15) is 0 Å². The Morgan fingerprint density at radius 2 is 1.61 bits per heavy atom. The first kappa shape index (κ1) is 22.1. The first-order valence-corrected chi connectivity index (χ1v) is 12.4. The second-order valence-electron chi connectivity index (χ2n) is 8.26. The van der Waals surface area contributed by atoms with Crippen LogP contribution in [0.4, 0.5) is 0 Å². The topological polar surface area (TPSA) is 6.48 Å². The third kappa shape index (κ3) is 4.89. The maximum absolute atomic E-state index is 6.18. The van der Waals surface area contributed by atoms with Crippen LogP contribution in [0.1, 0.15) is 40.8 Å². The molecule has 2 nitrogen and oxygen atoms in total. The van der Waals surface area contributed by atoms with Crippen molar-refractivity contribution in [2.24, 2.45) is 5.92 Å². The maximum Gasteiger partial charge on any atom is 0.0825 e. The number of hydrogen-bond acceptors (Lipinski definition) is 3. The van der Waals surface area contributed by atoms with E-state index >= 15 is 0 Å². The van der Waals surface area contributed by atoms with Crippen LogP contribution in [-0.4, -0.2) is 40.4 Å². The lowest BCUT2D eigenvalue weighted by Crippen LogP contribution is -2.33. The van der Waals surface area contributed by atoms with Crippen molar-refractivity contribution in [1.29, 1.82) is 0 Å². The van der Waals surface area contributed by atoms with Gasteiger partial charge in [-0.25, -0.2) is 0 Å². The second kappa shape index (κ2) is 10.0. The van der Waals surface area contributed by atoms with Gasteiger partial charge in [-0.15, -0.1) is 11.3 Å². The average molecular weight is 465 g/mol. The van der Waals surface area contributed by atoms with Crippen LogP contribution in [0.25, 0.3) is 0 Å². The van der Waals surface area contributed by atoms with E-state index in [1.165, 1.54) is 16.0 Å². The lowest BCUT2D eigenvalue weighted by Gasteiger charge is -2.32. The molecule has 4 rings (SSSR count). The number of thiophene rings is 1. The number of likely N-dealkylation sites (tertiary alicyclic amines) is 1. The van der Waals surface area contributed by atoms with E-state index in [0.29, 0.717) is 11.8 Å². The normalized spacial score (nSPS) is 17.2. The smallest absolute Gasteiger partial charge is 0.0825 e. The minimum atomic E-state index is 0.143. The molecule has 2 heterocycles. The third-order valence-corrected chi connectivity index (χ3v) is 8.18. The van der Waals surface area contributed by atoms with E-state index in [0.717, 1.165) is 29.4 Å². The fourth-order valence-corrected chi connectivity index (χ4v) is 6.04. The summed E-state index contributed by atoms with van der Waals surface area (Å²) in [7, 11) is 4.07. The highest BCUT2D eigenvalue weighted by Crippen LogP contribution is 2.42. The van der Waals surface area contributed by atoms with Gasteiger partial charge in [-0.1, -0.05) is 91.2 Å².